The zero-order chi connectivity index (χ0) is 17.5. The maximum Gasteiger partial charge on any atom is 0.249 e. The van der Waals surface area contributed by atoms with Gasteiger partial charge in [-0.05, 0) is 25.0 Å². The average Bonchev–Trinajstić information content (AvgIpc) is 3.16. The average molecular weight is 378 g/mol. The van der Waals surface area contributed by atoms with Crippen LogP contribution in [0.4, 0.5) is 5.82 Å². The van der Waals surface area contributed by atoms with Crippen molar-refractivity contribution in [2.24, 2.45) is 5.73 Å². The van der Waals surface area contributed by atoms with Gasteiger partial charge in [0, 0.05) is 25.2 Å². The van der Waals surface area contributed by atoms with Crippen molar-refractivity contribution in [2.75, 3.05) is 25.0 Å². The largest absolute Gasteiger partial charge is 0.367 e. The summed E-state index contributed by atoms with van der Waals surface area (Å²) in [7, 11) is 0. The van der Waals surface area contributed by atoms with E-state index in [1.807, 2.05) is 42.5 Å². The maximum absolute atomic E-state index is 12.0. The van der Waals surface area contributed by atoms with Gasteiger partial charge in [-0.15, -0.1) is 22.6 Å². The number of ether oxygens (including phenoxy) is 1. The number of rotatable bonds is 7. The molecule has 1 aliphatic heterocycles. The summed E-state index contributed by atoms with van der Waals surface area (Å²) in [6.45, 7) is 1.52. The minimum absolute atomic E-state index is 0. The molecule has 2 atom stereocenters. The fourth-order valence-electron chi connectivity index (χ4n) is 2.75. The lowest BCUT2D eigenvalue weighted by Gasteiger charge is -2.13. The van der Waals surface area contributed by atoms with Crippen LogP contribution in [0.15, 0.2) is 42.5 Å². The summed E-state index contributed by atoms with van der Waals surface area (Å²) in [5.41, 5.74) is 7.41. The minimum Gasteiger partial charge on any atom is -0.367 e. The molecule has 0 spiro atoms. The molecule has 26 heavy (non-hydrogen) atoms. The topological polar surface area (TPSA) is 102 Å². The molecule has 2 aromatic rings. The Morgan fingerprint density at radius 2 is 1.92 bits per heavy atom. The van der Waals surface area contributed by atoms with Gasteiger partial charge in [-0.25, -0.2) is 0 Å². The van der Waals surface area contributed by atoms with Crippen LogP contribution in [0.1, 0.15) is 12.8 Å². The van der Waals surface area contributed by atoms with E-state index in [1.54, 1.807) is 0 Å². The Bertz CT molecular complexity index is 684. The normalized spacial score (nSPS) is 18.8. The monoisotopic (exact) mass is 377 g/mol. The first kappa shape index (κ1) is 20.1. The van der Waals surface area contributed by atoms with Crippen molar-refractivity contribution < 1.29 is 9.53 Å². The molecule has 1 amide bonds. The van der Waals surface area contributed by atoms with Crippen molar-refractivity contribution >= 4 is 24.1 Å². The number of hydrogen-bond acceptors (Lipinski definition) is 6. The summed E-state index contributed by atoms with van der Waals surface area (Å²) >= 11 is 0. The van der Waals surface area contributed by atoms with Crippen LogP contribution in [0.3, 0.4) is 0 Å². The third-order valence-corrected chi connectivity index (χ3v) is 4.13. The van der Waals surface area contributed by atoms with E-state index in [0.717, 1.165) is 24.1 Å². The predicted octanol–water partition coefficient (Wildman–Crippen LogP) is 1.60. The molecule has 7 nitrogen and oxygen atoms in total. The van der Waals surface area contributed by atoms with E-state index in [-0.39, 0.29) is 30.5 Å². The molecule has 0 saturated carbocycles. The van der Waals surface area contributed by atoms with Gasteiger partial charge in [0.2, 0.25) is 5.91 Å². The predicted molar refractivity (Wildman–Crippen MR) is 103 cm³/mol. The van der Waals surface area contributed by atoms with E-state index in [4.69, 9.17) is 10.5 Å². The number of hydrogen-bond donors (Lipinski definition) is 3. The zero-order valence-corrected chi connectivity index (χ0v) is 15.2. The van der Waals surface area contributed by atoms with Crippen molar-refractivity contribution in [2.45, 2.75) is 25.0 Å². The molecule has 1 aromatic heterocycles. The van der Waals surface area contributed by atoms with Gasteiger partial charge in [0.05, 0.1) is 11.8 Å². The van der Waals surface area contributed by atoms with E-state index in [2.05, 4.69) is 20.8 Å². The Balaban J connectivity index is 0.00000243. The molecule has 4 N–H and O–H groups in total. The highest BCUT2D eigenvalue weighted by Crippen LogP contribution is 2.19. The Morgan fingerprint density at radius 3 is 2.58 bits per heavy atom. The first-order valence-corrected chi connectivity index (χ1v) is 8.52. The number of benzene rings is 1. The summed E-state index contributed by atoms with van der Waals surface area (Å²) in [6.07, 6.45) is 1.20. The lowest BCUT2D eigenvalue weighted by molar-refractivity contribution is -0.131. The maximum atomic E-state index is 12.0. The van der Waals surface area contributed by atoms with Crippen LogP contribution < -0.4 is 16.4 Å². The van der Waals surface area contributed by atoms with Crippen LogP contribution in [0.2, 0.25) is 0 Å². The van der Waals surface area contributed by atoms with Crippen LogP contribution in [0.5, 0.6) is 0 Å². The van der Waals surface area contributed by atoms with E-state index in [0.29, 0.717) is 25.5 Å². The van der Waals surface area contributed by atoms with Gasteiger partial charge >= 0.3 is 0 Å². The second-order valence-electron chi connectivity index (χ2n) is 5.95. The van der Waals surface area contributed by atoms with Crippen molar-refractivity contribution in [1.29, 1.82) is 0 Å². The summed E-state index contributed by atoms with van der Waals surface area (Å²) in [5, 5.41) is 14.4. The molecular formula is C18H24ClN5O2. The molecule has 0 bridgehead atoms. The zero-order valence-electron chi connectivity index (χ0n) is 14.4. The molecule has 1 fully saturated rings. The number of nitrogens with one attached hydrogen (secondary N) is 2. The number of anilines is 1. The van der Waals surface area contributed by atoms with Crippen LogP contribution in [0.25, 0.3) is 11.3 Å². The Morgan fingerprint density at radius 1 is 1.12 bits per heavy atom. The molecule has 0 aliphatic carbocycles. The molecule has 140 valence electrons. The number of nitrogens with two attached hydrogens (primary N) is 1. The minimum atomic E-state index is -0.376. The highest BCUT2D eigenvalue weighted by atomic mass is 35.5. The molecule has 0 radical (unpaired) electrons. The van der Waals surface area contributed by atoms with E-state index in [1.165, 1.54) is 0 Å². The highest BCUT2D eigenvalue weighted by molar-refractivity contribution is 5.85. The van der Waals surface area contributed by atoms with Crippen molar-refractivity contribution in [1.82, 2.24) is 15.5 Å². The number of nitrogens with zero attached hydrogens (tertiary/aromatic N) is 2. The number of carbonyl (C=O) groups is 1. The summed E-state index contributed by atoms with van der Waals surface area (Å²) in [6, 6.07) is 13.7. The quantitative estimate of drug-likeness (QED) is 0.633. The number of amides is 1. The van der Waals surface area contributed by atoms with E-state index >= 15 is 0 Å². The SMILES string of the molecule is Cl.NC[C@H]1CC[C@@H](C(=O)NCCNc2ccc(-c3ccccc3)nn2)O1. The van der Waals surface area contributed by atoms with Gasteiger partial charge in [-0.2, -0.15) is 0 Å². The fourth-order valence-corrected chi connectivity index (χ4v) is 2.75. The Hall–Kier alpha value is -2.22. The summed E-state index contributed by atoms with van der Waals surface area (Å²) in [5.74, 6) is 0.595. The second-order valence-corrected chi connectivity index (χ2v) is 5.95. The number of halogens is 1. The first-order valence-electron chi connectivity index (χ1n) is 8.52. The van der Waals surface area contributed by atoms with Crippen LogP contribution in [-0.4, -0.2) is 47.9 Å². The van der Waals surface area contributed by atoms with Crippen molar-refractivity contribution in [3.8, 4) is 11.3 Å². The van der Waals surface area contributed by atoms with Gasteiger partial charge in [0.15, 0.2) is 0 Å². The molecule has 1 aliphatic rings. The third-order valence-electron chi connectivity index (χ3n) is 4.13. The highest BCUT2D eigenvalue weighted by Gasteiger charge is 2.29. The summed E-state index contributed by atoms with van der Waals surface area (Å²) in [4.78, 5) is 12.0. The molecule has 8 heteroatoms. The lowest BCUT2D eigenvalue weighted by Crippen LogP contribution is -2.37. The number of aromatic nitrogens is 2. The van der Waals surface area contributed by atoms with Crippen LogP contribution in [-0.2, 0) is 9.53 Å². The molecule has 1 saturated heterocycles. The lowest BCUT2D eigenvalue weighted by atomic mass is 10.1. The van der Waals surface area contributed by atoms with Crippen LogP contribution >= 0.6 is 12.4 Å². The van der Waals surface area contributed by atoms with Crippen molar-refractivity contribution in [3.63, 3.8) is 0 Å². The fraction of sp³-hybridized carbons (Fsp3) is 0.389. The van der Waals surface area contributed by atoms with Gasteiger partial charge in [-0.1, -0.05) is 30.3 Å². The standard InChI is InChI=1S/C18H23N5O2.ClH/c19-12-14-6-8-16(25-14)18(24)21-11-10-20-17-9-7-15(22-23-17)13-4-2-1-3-5-13;/h1-5,7,9,14,16H,6,8,10-12,19H2,(H,20,23)(H,21,24);1H/t14-,16+;/m1./s1. The molecule has 3 rings (SSSR count). The Labute approximate surface area is 159 Å². The molecule has 0 unspecified atom stereocenters. The van der Waals surface area contributed by atoms with Gasteiger partial charge in [-0.3, -0.25) is 4.79 Å². The summed E-state index contributed by atoms with van der Waals surface area (Å²) < 4.78 is 5.56. The smallest absolute Gasteiger partial charge is 0.249 e. The molecular weight excluding hydrogens is 354 g/mol. The van der Waals surface area contributed by atoms with Gasteiger partial charge in [0.1, 0.15) is 11.9 Å². The molecule has 2 heterocycles. The Kier molecular flexibility index (Phi) is 7.77. The second kappa shape index (κ2) is 10.1. The first-order chi connectivity index (χ1) is 12.3. The van der Waals surface area contributed by atoms with Gasteiger partial charge < -0.3 is 21.1 Å². The third kappa shape index (κ3) is 5.39. The van der Waals surface area contributed by atoms with E-state index < -0.39 is 0 Å². The van der Waals surface area contributed by atoms with Crippen molar-refractivity contribution in [3.05, 3.63) is 42.5 Å². The number of carbonyl (C=O) groups excluding carboxylic acids is 1. The van der Waals surface area contributed by atoms with Crippen LogP contribution in [0, 0.1) is 0 Å². The molecule has 1 aromatic carbocycles. The van der Waals surface area contributed by atoms with Gasteiger partial charge in [0.25, 0.3) is 0 Å². The van der Waals surface area contributed by atoms with E-state index in [9.17, 15) is 4.79 Å².